The van der Waals surface area contributed by atoms with E-state index in [0.29, 0.717) is 5.75 Å². The summed E-state index contributed by atoms with van der Waals surface area (Å²) < 4.78 is 26.8. The zero-order valence-corrected chi connectivity index (χ0v) is 13.6. The quantitative estimate of drug-likeness (QED) is 0.592. The molecule has 122 valence electrons. The third-order valence-corrected chi connectivity index (χ3v) is 4.82. The van der Waals surface area contributed by atoms with Crippen molar-refractivity contribution in [1.82, 2.24) is 10.0 Å². The van der Waals surface area contributed by atoms with E-state index in [2.05, 4.69) is 10.0 Å². The Morgan fingerprint density at radius 3 is 2.45 bits per heavy atom. The molecule has 9 heteroatoms. The second-order valence-corrected chi connectivity index (χ2v) is 7.08. The zero-order valence-electron chi connectivity index (χ0n) is 12.0. The van der Waals surface area contributed by atoms with Crippen molar-refractivity contribution in [3.63, 3.8) is 0 Å². The van der Waals surface area contributed by atoms with Crippen molar-refractivity contribution in [2.45, 2.75) is 17.4 Å². The van der Waals surface area contributed by atoms with Crippen LogP contribution >= 0.6 is 11.8 Å². The summed E-state index contributed by atoms with van der Waals surface area (Å²) in [5, 5.41) is 10.8. The number of thioether (sulfide) groups is 1. The highest BCUT2D eigenvalue weighted by Gasteiger charge is 2.25. The Morgan fingerprint density at radius 1 is 1.27 bits per heavy atom. The molecule has 0 aliphatic carbocycles. The molecule has 1 atom stereocenters. The lowest BCUT2D eigenvalue weighted by Gasteiger charge is -2.17. The maximum atomic E-state index is 12.2. The fourth-order valence-corrected chi connectivity index (χ4v) is 3.34. The van der Waals surface area contributed by atoms with Gasteiger partial charge in [0.2, 0.25) is 15.9 Å². The molecule has 0 aliphatic heterocycles. The molecule has 22 heavy (non-hydrogen) atoms. The van der Waals surface area contributed by atoms with Crippen LogP contribution in [0.2, 0.25) is 0 Å². The highest BCUT2D eigenvalue weighted by molar-refractivity contribution is 7.98. The Balaban J connectivity index is 2.84. The fraction of sp³-hybridized carbons (Fsp3) is 0.385. The SMILES string of the molecule is CSCCC(NS(=O)(=O)c1ccccc1)C(=O)NCC(=O)O. The molecule has 1 aromatic rings. The molecule has 7 nitrogen and oxygen atoms in total. The van der Waals surface area contributed by atoms with Gasteiger partial charge in [-0.15, -0.1) is 0 Å². The fourth-order valence-electron chi connectivity index (χ4n) is 1.62. The average molecular weight is 346 g/mol. The summed E-state index contributed by atoms with van der Waals surface area (Å²) in [5.41, 5.74) is 0. The van der Waals surface area contributed by atoms with Crippen LogP contribution in [0.5, 0.6) is 0 Å². The summed E-state index contributed by atoms with van der Waals surface area (Å²) in [4.78, 5) is 22.5. The van der Waals surface area contributed by atoms with Gasteiger partial charge in [-0.05, 0) is 30.6 Å². The van der Waals surface area contributed by atoms with E-state index < -0.39 is 34.5 Å². The van der Waals surface area contributed by atoms with Gasteiger partial charge in [-0.3, -0.25) is 9.59 Å². The van der Waals surface area contributed by atoms with Crippen molar-refractivity contribution >= 4 is 33.7 Å². The lowest BCUT2D eigenvalue weighted by Crippen LogP contribution is -2.48. The third kappa shape index (κ3) is 6.04. The number of carbonyl (C=O) groups excluding carboxylic acids is 1. The smallest absolute Gasteiger partial charge is 0.322 e. The van der Waals surface area contributed by atoms with Crippen LogP contribution in [-0.4, -0.2) is 50.0 Å². The number of hydrogen-bond acceptors (Lipinski definition) is 5. The van der Waals surface area contributed by atoms with Gasteiger partial charge in [-0.2, -0.15) is 16.5 Å². The predicted octanol–water partition coefficient (Wildman–Crippen LogP) is 0.287. The molecule has 1 rings (SSSR count). The number of aliphatic carboxylic acids is 1. The molecule has 0 aromatic heterocycles. The standard InChI is InChI=1S/C13H18N2O5S2/c1-21-8-7-11(13(18)14-9-12(16)17)15-22(19,20)10-5-3-2-4-6-10/h2-6,11,15H,7-9H2,1H3,(H,14,18)(H,16,17). The number of sulfonamides is 1. The number of hydrogen-bond donors (Lipinski definition) is 3. The Labute approximate surface area is 133 Å². The molecule has 3 N–H and O–H groups in total. The first-order valence-electron chi connectivity index (χ1n) is 6.42. The van der Waals surface area contributed by atoms with Crippen molar-refractivity contribution in [3.8, 4) is 0 Å². The van der Waals surface area contributed by atoms with Crippen molar-refractivity contribution < 1.29 is 23.1 Å². The molecule has 0 heterocycles. The summed E-state index contributed by atoms with van der Waals surface area (Å²) in [6, 6.07) is 6.67. The lowest BCUT2D eigenvalue weighted by molar-refractivity contribution is -0.138. The van der Waals surface area contributed by atoms with Gasteiger partial charge in [0.15, 0.2) is 0 Å². The highest BCUT2D eigenvalue weighted by atomic mass is 32.2. The van der Waals surface area contributed by atoms with Gasteiger partial charge in [0.25, 0.3) is 0 Å². The number of carboxylic acids is 1. The maximum absolute atomic E-state index is 12.2. The van der Waals surface area contributed by atoms with Gasteiger partial charge in [-0.1, -0.05) is 18.2 Å². The molecule has 0 bridgehead atoms. The summed E-state index contributed by atoms with van der Waals surface area (Å²) in [7, 11) is -3.84. The monoisotopic (exact) mass is 346 g/mol. The van der Waals surface area contributed by atoms with E-state index in [4.69, 9.17) is 5.11 Å². The minimum atomic E-state index is -3.84. The van der Waals surface area contributed by atoms with Gasteiger partial charge >= 0.3 is 5.97 Å². The highest BCUT2D eigenvalue weighted by Crippen LogP contribution is 2.10. The summed E-state index contributed by atoms with van der Waals surface area (Å²) >= 11 is 1.46. The number of amides is 1. The van der Waals surface area contributed by atoms with Gasteiger partial charge < -0.3 is 10.4 Å². The molecule has 0 radical (unpaired) electrons. The van der Waals surface area contributed by atoms with Crippen LogP contribution in [0.15, 0.2) is 35.2 Å². The van der Waals surface area contributed by atoms with Crippen LogP contribution in [0.4, 0.5) is 0 Å². The molecule has 0 saturated carbocycles. The van der Waals surface area contributed by atoms with Gasteiger partial charge in [-0.25, -0.2) is 8.42 Å². The zero-order chi connectivity index (χ0) is 16.6. The molecule has 0 saturated heterocycles. The van der Waals surface area contributed by atoms with Gasteiger partial charge in [0.1, 0.15) is 12.6 Å². The van der Waals surface area contributed by atoms with E-state index in [1.807, 2.05) is 6.26 Å². The van der Waals surface area contributed by atoms with Crippen molar-refractivity contribution in [2.24, 2.45) is 0 Å². The van der Waals surface area contributed by atoms with Crippen LogP contribution in [0, 0.1) is 0 Å². The Bertz CT molecular complexity index is 604. The average Bonchev–Trinajstić information content (AvgIpc) is 2.49. The number of nitrogens with one attached hydrogen (secondary N) is 2. The van der Waals surface area contributed by atoms with Crippen LogP contribution < -0.4 is 10.0 Å². The Morgan fingerprint density at radius 2 is 1.91 bits per heavy atom. The summed E-state index contributed by atoms with van der Waals surface area (Å²) in [5.74, 6) is -1.29. The molecular formula is C13H18N2O5S2. The largest absolute Gasteiger partial charge is 0.480 e. The van der Waals surface area contributed by atoms with E-state index >= 15 is 0 Å². The molecule has 0 spiro atoms. The molecule has 1 amide bonds. The van der Waals surface area contributed by atoms with Crippen LogP contribution in [0.3, 0.4) is 0 Å². The van der Waals surface area contributed by atoms with Crippen molar-refractivity contribution in [1.29, 1.82) is 0 Å². The van der Waals surface area contributed by atoms with Crippen LogP contribution in [0.1, 0.15) is 6.42 Å². The minimum Gasteiger partial charge on any atom is -0.480 e. The second-order valence-electron chi connectivity index (χ2n) is 4.38. The first kappa shape index (κ1) is 18.5. The van der Waals surface area contributed by atoms with E-state index in [1.165, 1.54) is 23.9 Å². The van der Waals surface area contributed by atoms with Gasteiger partial charge in [0, 0.05) is 0 Å². The molecule has 0 fully saturated rings. The lowest BCUT2D eigenvalue weighted by atomic mass is 10.2. The van der Waals surface area contributed by atoms with Crippen molar-refractivity contribution in [3.05, 3.63) is 30.3 Å². The molecule has 1 aromatic carbocycles. The van der Waals surface area contributed by atoms with Crippen molar-refractivity contribution in [2.75, 3.05) is 18.6 Å². The topological polar surface area (TPSA) is 113 Å². The maximum Gasteiger partial charge on any atom is 0.322 e. The number of benzene rings is 1. The summed E-state index contributed by atoms with van der Waals surface area (Å²) in [6.07, 6.45) is 2.09. The number of carboxylic acid groups (broad SMARTS) is 1. The number of carbonyl (C=O) groups is 2. The second kappa shape index (κ2) is 8.76. The third-order valence-electron chi connectivity index (χ3n) is 2.69. The van der Waals surface area contributed by atoms with Crippen LogP contribution in [0.25, 0.3) is 0 Å². The molecule has 1 unspecified atom stereocenters. The van der Waals surface area contributed by atoms with E-state index in [9.17, 15) is 18.0 Å². The van der Waals surface area contributed by atoms with E-state index in [0.717, 1.165) is 0 Å². The summed E-state index contributed by atoms with van der Waals surface area (Å²) in [6.45, 7) is -0.554. The van der Waals surface area contributed by atoms with E-state index in [1.54, 1.807) is 18.2 Å². The minimum absolute atomic E-state index is 0.0511. The Hall–Kier alpha value is -1.58. The first-order chi connectivity index (χ1) is 10.4. The molecular weight excluding hydrogens is 328 g/mol. The van der Waals surface area contributed by atoms with E-state index in [-0.39, 0.29) is 11.3 Å². The first-order valence-corrected chi connectivity index (χ1v) is 9.30. The Kier molecular flexibility index (Phi) is 7.36. The van der Waals surface area contributed by atoms with Gasteiger partial charge in [0.05, 0.1) is 4.90 Å². The van der Waals surface area contributed by atoms with Crippen LogP contribution in [-0.2, 0) is 19.6 Å². The number of rotatable bonds is 9. The molecule has 0 aliphatic rings. The predicted molar refractivity (Wildman–Crippen MR) is 84.2 cm³/mol. The normalized spacial score (nSPS) is 12.6.